The van der Waals surface area contributed by atoms with Crippen LogP contribution in [-0.2, 0) is 17.6 Å². The van der Waals surface area contributed by atoms with Crippen LogP contribution in [0, 0.1) is 5.92 Å². The van der Waals surface area contributed by atoms with Gasteiger partial charge in [-0.1, -0.05) is 6.92 Å². The van der Waals surface area contributed by atoms with Gasteiger partial charge in [0.15, 0.2) is 0 Å². The fourth-order valence-electron chi connectivity index (χ4n) is 3.03. The number of amides is 1. The van der Waals surface area contributed by atoms with Crippen LogP contribution in [0.4, 0.5) is 0 Å². The Labute approximate surface area is 123 Å². The van der Waals surface area contributed by atoms with E-state index in [-0.39, 0.29) is 18.6 Å². The highest BCUT2D eigenvalue weighted by atomic mass is 32.1. The Balaban J connectivity index is 1.80. The van der Waals surface area contributed by atoms with E-state index in [0.29, 0.717) is 25.7 Å². The number of hydrogen-bond donors (Lipinski definition) is 1. The number of carbonyl (C=O) groups excluding carboxylic acids is 1. The van der Waals surface area contributed by atoms with Crippen LogP contribution in [0.1, 0.15) is 33.5 Å². The molecule has 2 atom stereocenters. The predicted octanol–water partition coefficient (Wildman–Crippen LogP) is 1.71. The average Bonchev–Trinajstić information content (AvgIpc) is 2.89. The smallest absolute Gasteiger partial charge is 0.264 e. The minimum absolute atomic E-state index is 0.0339. The number of aliphatic hydroxyl groups excluding tert-OH is 1. The highest BCUT2D eigenvalue weighted by Gasteiger charge is 2.29. The van der Waals surface area contributed by atoms with E-state index in [1.807, 2.05) is 0 Å². The second-order valence-electron chi connectivity index (χ2n) is 5.82. The molecule has 1 aliphatic heterocycles. The van der Waals surface area contributed by atoms with Crippen molar-refractivity contribution in [3.63, 3.8) is 0 Å². The maximum atomic E-state index is 12.6. The number of hydrogen-bond acceptors (Lipinski definition) is 4. The summed E-state index contributed by atoms with van der Waals surface area (Å²) >= 11 is 1.64. The van der Waals surface area contributed by atoms with Gasteiger partial charge < -0.3 is 14.7 Å². The molecule has 0 aromatic carbocycles. The summed E-state index contributed by atoms with van der Waals surface area (Å²) in [6, 6.07) is 1.87. The standard InChI is InChI=1S/C15H21NO3S/c1-10-2-3-13-11(6-10)7-14(20-13)15(18)16-4-5-19-9-12(16)8-17/h7,10,12,17H,2-6,8-9H2,1H3. The van der Waals surface area contributed by atoms with E-state index in [0.717, 1.165) is 17.7 Å². The summed E-state index contributed by atoms with van der Waals surface area (Å²) in [5, 5.41) is 9.38. The molecule has 5 heteroatoms. The number of aryl methyl sites for hydroxylation is 1. The van der Waals surface area contributed by atoms with Crippen LogP contribution in [0.2, 0.25) is 0 Å². The molecule has 20 heavy (non-hydrogen) atoms. The lowest BCUT2D eigenvalue weighted by molar-refractivity contribution is -0.0181. The Morgan fingerprint density at radius 1 is 1.60 bits per heavy atom. The molecule has 0 radical (unpaired) electrons. The summed E-state index contributed by atoms with van der Waals surface area (Å²) in [6.45, 7) is 3.80. The van der Waals surface area contributed by atoms with Gasteiger partial charge in [-0.15, -0.1) is 11.3 Å². The van der Waals surface area contributed by atoms with Crippen LogP contribution >= 0.6 is 11.3 Å². The first kappa shape index (κ1) is 14.0. The van der Waals surface area contributed by atoms with E-state index in [1.54, 1.807) is 16.2 Å². The number of nitrogens with zero attached hydrogens (tertiary/aromatic N) is 1. The van der Waals surface area contributed by atoms with E-state index in [4.69, 9.17) is 4.74 Å². The molecule has 0 spiro atoms. The summed E-state index contributed by atoms with van der Waals surface area (Å²) in [6.07, 6.45) is 3.41. The average molecular weight is 295 g/mol. The van der Waals surface area contributed by atoms with Gasteiger partial charge in [0.25, 0.3) is 5.91 Å². The summed E-state index contributed by atoms with van der Waals surface area (Å²) in [5.74, 6) is 0.771. The summed E-state index contributed by atoms with van der Waals surface area (Å²) in [5.41, 5.74) is 1.35. The van der Waals surface area contributed by atoms with Crippen molar-refractivity contribution >= 4 is 17.2 Å². The van der Waals surface area contributed by atoms with Gasteiger partial charge in [-0.2, -0.15) is 0 Å². The molecule has 3 rings (SSSR count). The number of rotatable bonds is 2. The van der Waals surface area contributed by atoms with Crippen molar-refractivity contribution in [3.05, 3.63) is 21.4 Å². The van der Waals surface area contributed by atoms with E-state index in [1.165, 1.54) is 16.9 Å². The molecule has 1 fully saturated rings. The molecular weight excluding hydrogens is 274 g/mol. The van der Waals surface area contributed by atoms with E-state index in [2.05, 4.69) is 13.0 Å². The topological polar surface area (TPSA) is 49.8 Å². The van der Waals surface area contributed by atoms with Gasteiger partial charge in [-0.3, -0.25) is 4.79 Å². The molecular formula is C15H21NO3S. The van der Waals surface area contributed by atoms with Crippen molar-refractivity contribution in [1.82, 2.24) is 4.90 Å². The minimum Gasteiger partial charge on any atom is -0.394 e. The van der Waals surface area contributed by atoms with Crippen LogP contribution in [0.25, 0.3) is 0 Å². The highest BCUT2D eigenvalue weighted by molar-refractivity contribution is 7.14. The lowest BCUT2D eigenvalue weighted by atomic mass is 9.90. The third kappa shape index (κ3) is 2.62. The molecule has 1 aromatic heterocycles. The Bertz CT molecular complexity index is 499. The molecule has 1 saturated heterocycles. The zero-order chi connectivity index (χ0) is 14.1. The van der Waals surface area contributed by atoms with Crippen molar-refractivity contribution in [2.75, 3.05) is 26.4 Å². The first-order valence-electron chi connectivity index (χ1n) is 7.30. The Morgan fingerprint density at radius 3 is 3.25 bits per heavy atom. The third-order valence-corrected chi connectivity index (χ3v) is 5.46. The lowest BCUT2D eigenvalue weighted by Crippen LogP contribution is -2.50. The normalized spacial score (nSPS) is 26.4. The maximum Gasteiger partial charge on any atom is 0.264 e. The molecule has 4 nitrogen and oxygen atoms in total. The Morgan fingerprint density at radius 2 is 2.45 bits per heavy atom. The summed E-state index contributed by atoms with van der Waals surface area (Å²) < 4.78 is 5.33. The first-order chi connectivity index (χ1) is 9.69. The number of fused-ring (bicyclic) bond motifs is 1. The lowest BCUT2D eigenvalue weighted by Gasteiger charge is -2.34. The molecule has 0 bridgehead atoms. The first-order valence-corrected chi connectivity index (χ1v) is 8.12. The van der Waals surface area contributed by atoms with Gasteiger partial charge in [0.1, 0.15) is 0 Å². The fraction of sp³-hybridized carbons (Fsp3) is 0.667. The van der Waals surface area contributed by atoms with Crippen LogP contribution < -0.4 is 0 Å². The van der Waals surface area contributed by atoms with Crippen molar-refractivity contribution in [1.29, 1.82) is 0 Å². The fourth-order valence-corrected chi connectivity index (χ4v) is 4.19. The molecule has 2 aliphatic rings. The summed E-state index contributed by atoms with van der Waals surface area (Å²) in [7, 11) is 0. The van der Waals surface area contributed by atoms with Gasteiger partial charge in [-0.05, 0) is 36.8 Å². The van der Waals surface area contributed by atoms with Crippen molar-refractivity contribution in [2.45, 2.75) is 32.2 Å². The molecule has 1 aliphatic carbocycles. The quantitative estimate of drug-likeness (QED) is 0.903. The Hall–Kier alpha value is -0.910. The van der Waals surface area contributed by atoms with Crippen molar-refractivity contribution < 1.29 is 14.6 Å². The number of ether oxygens (including phenoxy) is 1. The molecule has 110 valence electrons. The van der Waals surface area contributed by atoms with Crippen LogP contribution in [0.15, 0.2) is 6.07 Å². The van der Waals surface area contributed by atoms with E-state index < -0.39 is 0 Å². The van der Waals surface area contributed by atoms with Gasteiger partial charge in [0.05, 0.1) is 30.7 Å². The van der Waals surface area contributed by atoms with Gasteiger partial charge in [0.2, 0.25) is 0 Å². The SMILES string of the molecule is CC1CCc2sc(C(=O)N3CCOCC3CO)cc2C1. The van der Waals surface area contributed by atoms with Crippen molar-refractivity contribution in [2.24, 2.45) is 5.92 Å². The van der Waals surface area contributed by atoms with Crippen LogP contribution in [-0.4, -0.2) is 48.3 Å². The minimum atomic E-state index is -0.200. The number of morpholine rings is 1. The zero-order valence-corrected chi connectivity index (χ0v) is 12.6. The zero-order valence-electron chi connectivity index (χ0n) is 11.8. The number of thiophene rings is 1. The predicted molar refractivity (Wildman–Crippen MR) is 78.2 cm³/mol. The number of aliphatic hydroxyl groups is 1. The molecule has 0 saturated carbocycles. The van der Waals surface area contributed by atoms with Gasteiger partial charge in [-0.25, -0.2) is 0 Å². The molecule has 1 N–H and O–H groups in total. The molecule has 1 aromatic rings. The van der Waals surface area contributed by atoms with Crippen molar-refractivity contribution in [3.8, 4) is 0 Å². The van der Waals surface area contributed by atoms with E-state index >= 15 is 0 Å². The third-order valence-electron chi connectivity index (χ3n) is 4.24. The highest BCUT2D eigenvalue weighted by Crippen LogP contribution is 2.33. The monoisotopic (exact) mass is 295 g/mol. The van der Waals surface area contributed by atoms with Crippen LogP contribution in [0.5, 0.6) is 0 Å². The number of carbonyl (C=O) groups is 1. The Kier molecular flexibility index (Phi) is 4.10. The van der Waals surface area contributed by atoms with Gasteiger partial charge in [0, 0.05) is 11.4 Å². The maximum absolute atomic E-state index is 12.6. The second kappa shape index (κ2) is 5.84. The van der Waals surface area contributed by atoms with E-state index in [9.17, 15) is 9.90 Å². The summed E-state index contributed by atoms with van der Waals surface area (Å²) in [4.78, 5) is 16.6. The van der Waals surface area contributed by atoms with Crippen LogP contribution in [0.3, 0.4) is 0 Å². The van der Waals surface area contributed by atoms with Gasteiger partial charge >= 0.3 is 0 Å². The largest absolute Gasteiger partial charge is 0.394 e. The molecule has 2 heterocycles. The second-order valence-corrected chi connectivity index (χ2v) is 6.95. The molecule has 2 unspecified atom stereocenters. The molecule has 1 amide bonds.